The molecule has 24 heavy (non-hydrogen) atoms. The van der Waals surface area contributed by atoms with E-state index in [1.807, 2.05) is 6.20 Å². The van der Waals surface area contributed by atoms with Gasteiger partial charge in [-0.3, -0.25) is 4.79 Å². The fourth-order valence-corrected chi connectivity index (χ4v) is 3.22. The van der Waals surface area contributed by atoms with Gasteiger partial charge in [-0.2, -0.15) is 0 Å². The second-order valence-electron chi connectivity index (χ2n) is 5.63. The molecule has 0 unspecified atom stereocenters. The van der Waals surface area contributed by atoms with Gasteiger partial charge in [0.2, 0.25) is 0 Å². The van der Waals surface area contributed by atoms with E-state index >= 15 is 0 Å². The molecule has 7 heteroatoms. The molecule has 6 nitrogen and oxygen atoms in total. The normalized spacial score (nSPS) is 12.9. The zero-order valence-corrected chi connectivity index (χ0v) is 14.3. The number of H-pyrrole nitrogens is 1. The fourth-order valence-electron chi connectivity index (χ4n) is 2.98. The van der Waals surface area contributed by atoms with Gasteiger partial charge in [0.25, 0.3) is 5.91 Å². The molecule has 0 fully saturated rings. The molecular formula is C17H14BrN5O. The third kappa shape index (κ3) is 2.71. The van der Waals surface area contributed by atoms with Crippen LogP contribution in [0.2, 0.25) is 0 Å². The zero-order chi connectivity index (χ0) is 16.5. The number of pyridine rings is 1. The van der Waals surface area contributed by atoms with Gasteiger partial charge in [0.05, 0.1) is 23.1 Å². The summed E-state index contributed by atoms with van der Waals surface area (Å²) in [7, 11) is 0. The Balaban J connectivity index is 1.73. The van der Waals surface area contributed by atoms with Gasteiger partial charge in [0.15, 0.2) is 0 Å². The minimum atomic E-state index is -0.178. The number of anilines is 1. The lowest BCUT2D eigenvalue weighted by Crippen LogP contribution is -2.12. The molecule has 4 rings (SSSR count). The summed E-state index contributed by atoms with van der Waals surface area (Å²) >= 11 is 3.28. The molecular weight excluding hydrogens is 370 g/mol. The Morgan fingerprint density at radius 1 is 1.21 bits per heavy atom. The molecule has 1 aliphatic carbocycles. The highest BCUT2D eigenvalue weighted by molar-refractivity contribution is 9.10. The minimum Gasteiger partial charge on any atom is -0.364 e. The summed E-state index contributed by atoms with van der Waals surface area (Å²) in [5, 5.41) is 2.89. The quantitative estimate of drug-likeness (QED) is 0.664. The number of aromatic nitrogens is 4. The number of nitrogens with one attached hydrogen (secondary N) is 2. The molecule has 3 aromatic rings. The molecule has 0 aromatic carbocycles. The van der Waals surface area contributed by atoms with Crippen molar-refractivity contribution in [2.75, 3.05) is 5.32 Å². The number of aromatic amines is 1. The lowest BCUT2D eigenvalue weighted by atomic mass is 10.0. The maximum Gasteiger partial charge on any atom is 0.257 e. The van der Waals surface area contributed by atoms with Crippen molar-refractivity contribution in [3.63, 3.8) is 0 Å². The molecule has 0 radical (unpaired) electrons. The van der Waals surface area contributed by atoms with Gasteiger partial charge in [-0.05, 0) is 52.9 Å². The second-order valence-corrected chi connectivity index (χ2v) is 6.44. The van der Waals surface area contributed by atoms with E-state index in [2.05, 4.69) is 41.2 Å². The van der Waals surface area contributed by atoms with Gasteiger partial charge < -0.3 is 10.3 Å². The number of aryl methyl sites for hydroxylation is 2. The van der Waals surface area contributed by atoms with Crippen molar-refractivity contribution >= 4 is 27.5 Å². The Morgan fingerprint density at radius 3 is 2.96 bits per heavy atom. The summed E-state index contributed by atoms with van der Waals surface area (Å²) in [6, 6.07) is 3.59. The van der Waals surface area contributed by atoms with Crippen LogP contribution in [0, 0.1) is 0 Å². The largest absolute Gasteiger partial charge is 0.364 e. The molecule has 0 atom stereocenters. The highest BCUT2D eigenvalue weighted by atomic mass is 79.9. The first-order valence-corrected chi connectivity index (χ1v) is 8.44. The molecule has 2 N–H and O–H groups in total. The average Bonchev–Trinajstić information content (AvgIpc) is 2.93. The molecule has 1 aliphatic rings. The Labute approximate surface area is 146 Å². The Hall–Kier alpha value is -2.54. The van der Waals surface area contributed by atoms with Gasteiger partial charge in [0, 0.05) is 23.7 Å². The summed E-state index contributed by atoms with van der Waals surface area (Å²) < 4.78 is 0.724. The van der Waals surface area contributed by atoms with Crippen LogP contribution in [0.15, 0.2) is 41.7 Å². The van der Waals surface area contributed by atoms with Crippen molar-refractivity contribution < 1.29 is 4.79 Å². The highest BCUT2D eigenvalue weighted by Crippen LogP contribution is 2.33. The summed E-state index contributed by atoms with van der Waals surface area (Å²) in [5.41, 5.74) is 5.09. The predicted molar refractivity (Wildman–Crippen MR) is 93.7 cm³/mol. The van der Waals surface area contributed by atoms with Gasteiger partial charge in [0.1, 0.15) is 10.9 Å². The smallest absolute Gasteiger partial charge is 0.257 e. The van der Waals surface area contributed by atoms with Crippen LogP contribution in [0.3, 0.4) is 0 Å². The number of rotatable bonds is 2. The number of fused-ring (bicyclic) bond motifs is 3. The number of amides is 1. The number of nitrogens with zero attached hydrogens (tertiary/aromatic N) is 3. The van der Waals surface area contributed by atoms with Crippen molar-refractivity contribution in [1.29, 1.82) is 0 Å². The number of halogens is 1. The molecule has 0 saturated heterocycles. The number of carbonyl (C=O) groups excluding carboxylic acids is 1. The molecule has 120 valence electrons. The van der Waals surface area contributed by atoms with Crippen LogP contribution in [-0.4, -0.2) is 25.8 Å². The molecule has 3 heterocycles. The first kappa shape index (κ1) is 15.0. The van der Waals surface area contributed by atoms with Crippen LogP contribution < -0.4 is 5.32 Å². The highest BCUT2D eigenvalue weighted by Gasteiger charge is 2.24. The molecule has 3 aromatic heterocycles. The van der Waals surface area contributed by atoms with Crippen molar-refractivity contribution in [2.45, 2.75) is 19.3 Å². The first-order valence-electron chi connectivity index (χ1n) is 7.65. The van der Waals surface area contributed by atoms with Crippen molar-refractivity contribution in [1.82, 2.24) is 19.9 Å². The first-order chi connectivity index (χ1) is 11.7. The van der Waals surface area contributed by atoms with Crippen LogP contribution in [0.1, 0.15) is 28.0 Å². The maximum absolute atomic E-state index is 12.7. The van der Waals surface area contributed by atoms with E-state index in [0.717, 1.165) is 46.4 Å². The van der Waals surface area contributed by atoms with E-state index in [-0.39, 0.29) is 5.91 Å². The molecule has 0 bridgehead atoms. The number of hydrogen-bond acceptors (Lipinski definition) is 4. The zero-order valence-electron chi connectivity index (χ0n) is 12.7. The van der Waals surface area contributed by atoms with Crippen LogP contribution in [0.5, 0.6) is 0 Å². The van der Waals surface area contributed by atoms with Crippen molar-refractivity contribution in [2.24, 2.45) is 0 Å². The SMILES string of the molecule is O=C(Nc1ccc(Br)nc1)c1c[nH]c2c1-c1ncncc1CCC2. The second kappa shape index (κ2) is 6.16. The Morgan fingerprint density at radius 2 is 2.12 bits per heavy atom. The minimum absolute atomic E-state index is 0.178. The monoisotopic (exact) mass is 383 g/mol. The Kier molecular flexibility index (Phi) is 3.86. The third-order valence-corrected chi connectivity index (χ3v) is 4.56. The van der Waals surface area contributed by atoms with E-state index in [9.17, 15) is 4.79 Å². The predicted octanol–water partition coefficient (Wildman–Crippen LogP) is 3.37. The summed E-state index contributed by atoms with van der Waals surface area (Å²) in [4.78, 5) is 28.6. The lowest BCUT2D eigenvalue weighted by Gasteiger charge is -2.08. The van der Waals surface area contributed by atoms with E-state index < -0.39 is 0 Å². The van der Waals surface area contributed by atoms with E-state index in [0.29, 0.717) is 11.3 Å². The summed E-state index contributed by atoms with van der Waals surface area (Å²) in [6.07, 6.45) is 9.54. The third-order valence-electron chi connectivity index (χ3n) is 4.09. The average molecular weight is 384 g/mol. The van der Waals surface area contributed by atoms with Gasteiger partial charge in [-0.25, -0.2) is 15.0 Å². The number of carbonyl (C=O) groups is 1. The molecule has 0 spiro atoms. The Bertz CT molecular complexity index is 904. The maximum atomic E-state index is 12.7. The van der Waals surface area contributed by atoms with Crippen LogP contribution in [0.25, 0.3) is 11.3 Å². The van der Waals surface area contributed by atoms with E-state index in [1.54, 1.807) is 24.5 Å². The summed E-state index contributed by atoms with van der Waals surface area (Å²) in [6.45, 7) is 0. The van der Waals surface area contributed by atoms with Crippen LogP contribution in [0.4, 0.5) is 5.69 Å². The van der Waals surface area contributed by atoms with E-state index in [4.69, 9.17) is 0 Å². The summed E-state index contributed by atoms with van der Waals surface area (Å²) in [5.74, 6) is -0.178. The molecule has 1 amide bonds. The topological polar surface area (TPSA) is 83.6 Å². The molecule has 0 saturated carbocycles. The van der Waals surface area contributed by atoms with Crippen LogP contribution >= 0.6 is 15.9 Å². The molecule has 0 aliphatic heterocycles. The van der Waals surface area contributed by atoms with Crippen molar-refractivity contribution in [3.8, 4) is 11.3 Å². The van der Waals surface area contributed by atoms with E-state index in [1.165, 1.54) is 6.33 Å². The van der Waals surface area contributed by atoms with Gasteiger partial charge in [-0.15, -0.1) is 0 Å². The van der Waals surface area contributed by atoms with Gasteiger partial charge in [-0.1, -0.05) is 0 Å². The standard InChI is InChI=1S/C17H14BrN5O/c18-14-5-4-11(7-21-14)23-17(24)12-8-20-13-3-1-2-10-6-19-9-22-16(10)15(12)13/h4-9,20H,1-3H2,(H,23,24). The number of hydrogen-bond donors (Lipinski definition) is 2. The van der Waals surface area contributed by atoms with Crippen LogP contribution in [-0.2, 0) is 12.8 Å². The lowest BCUT2D eigenvalue weighted by molar-refractivity contribution is 0.102. The van der Waals surface area contributed by atoms with Crippen molar-refractivity contribution in [3.05, 3.63) is 58.5 Å². The fraction of sp³-hybridized carbons (Fsp3) is 0.176. The van der Waals surface area contributed by atoms with Gasteiger partial charge >= 0.3 is 0 Å².